The Balaban J connectivity index is 1.78. The molecule has 0 saturated heterocycles. The molecule has 2 aromatic carbocycles. The van der Waals surface area contributed by atoms with Gasteiger partial charge in [-0.3, -0.25) is 19.5 Å². The molecule has 37 heavy (non-hydrogen) atoms. The van der Waals surface area contributed by atoms with Gasteiger partial charge in [0.2, 0.25) is 0 Å². The van der Waals surface area contributed by atoms with E-state index < -0.39 is 23.2 Å². The Labute approximate surface area is 213 Å². The van der Waals surface area contributed by atoms with E-state index in [0.717, 1.165) is 21.6 Å². The van der Waals surface area contributed by atoms with Crippen molar-refractivity contribution in [3.8, 4) is 5.69 Å². The number of amides is 2. The summed E-state index contributed by atoms with van der Waals surface area (Å²) in [4.78, 5) is 42.7. The van der Waals surface area contributed by atoms with Gasteiger partial charge in [-0.05, 0) is 69.2 Å². The van der Waals surface area contributed by atoms with Crippen molar-refractivity contribution in [2.24, 2.45) is 0 Å². The molecule has 5 rings (SSSR count). The summed E-state index contributed by atoms with van der Waals surface area (Å²) in [5.74, 6) is -1.53. The molecule has 0 aliphatic carbocycles. The summed E-state index contributed by atoms with van der Waals surface area (Å²) in [5.41, 5.74) is 4.04. The van der Waals surface area contributed by atoms with Gasteiger partial charge in [0, 0.05) is 17.3 Å². The average Bonchev–Trinajstić information content (AvgIpc) is 3.34. The molecule has 1 N–H and O–H groups in total. The second-order valence-electron chi connectivity index (χ2n) is 9.16. The van der Waals surface area contributed by atoms with Crippen LogP contribution in [0.1, 0.15) is 34.9 Å². The second kappa shape index (κ2) is 9.13. The molecule has 186 valence electrons. The quantitative estimate of drug-likeness (QED) is 0.334. The van der Waals surface area contributed by atoms with Crippen LogP contribution in [0.4, 0.5) is 10.1 Å². The van der Waals surface area contributed by atoms with Gasteiger partial charge in [-0.25, -0.2) is 14.0 Å². The molecule has 0 spiro atoms. The highest BCUT2D eigenvalue weighted by Crippen LogP contribution is 2.33. The lowest BCUT2D eigenvalue weighted by molar-refractivity contribution is -0.577. The normalized spacial score (nSPS) is 13.7. The first-order valence-electron chi connectivity index (χ1n) is 12.0. The fourth-order valence-corrected chi connectivity index (χ4v) is 4.50. The first-order valence-corrected chi connectivity index (χ1v) is 12.0. The standard InChI is InChI=1S/C29H25FN4O3/c1-5-23-24(28(36)34(31-23)22-12-8-20(30)9-13-22)25-26(32-15-14-18(3)19(4)16-32)29(37)33(27(25)35)21-10-6-17(2)7-11-21/h6-16H,5H2,1-4H3/p+1. The van der Waals surface area contributed by atoms with Gasteiger partial charge in [-0.1, -0.05) is 24.6 Å². The number of imide groups is 1. The fourth-order valence-electron chi connectivity index (χ4n) is 4.50. The Morgan fingerprint density at radius 1 is 0.838 bits per heavy atom. The van der Waals surface area contributed by atoms with Gasteiger partial charge in [0.1, 0.15) is 11.4 Å². The van der Waals surface area contributed by atoms with Crippen LogP contribution >= 0.6 is 0 Å². The Morgan fingerprint density at radius 2 is 1.49 bits per heavy atom. The van der Waals surface area contributed by atoms with Crippen LogP contribution in [0.3, 0.4) is 0 Å². The third-order valence-electron chi connectivity index (χ3n) is 6.70. The van der Waals surface area contributed by atoms with E-state index >= 15 is 0 Å². The molecule has 0 unspecified atom stereocenters. The lowest BCUT2D eigenvalue weighted by Gasteiger charge is -2.14. The maximum Gasteiger partial charge on any atom is 0.331 e. The number of carbonyl (C=O) groups is 2. The van der Waals surface area contributed by atoms with Crippen LogP contribution < -0.4 is 15.0 Å². The van der Waals surface area contributed by atoms with Gasteiger partial charge in [0.15, 0.2) is 12.4 Å². The number of pyridine rings is 1. The van der Waals surface area contributed by atoms with E-state index in [1.54, 1.807) is 29.1 Å². The Morgan fingerprint density at radius 3 is 2.11 bits per heavy atom. The largest absolute Gasteiger partial charge is 0.331 e. The van der Waals surface area contributed by atoms with Gasteiger partial charge in [0.25, 0.3) is 17.2 Å². The third kappa shape index (κ3) is 4.00. The van der Waals surface area contributed by atoms with Crippen LogP contribution in [0, 0.1) is 26.6 Å². The summed E-state index contributed by atoms with van der Waals surface area (Å²) >= 11 is 0. The number of rotatable bonds is 5. The van der Waals surface area contributed by atoms with Gasteiger partial charge in [-0.15, -0.1) is 0 Å². The number of aryl methyl sites for hydroxylation is 4. The van der Waals surface area contributed by atoms with Gasteiger partial charge in [-0.2, -0.15) is 4.57 Å². The molecular formula is C29H26FN4O3+. The maximum atomic E-state index is 14.0. The first kappa shape index (κ1) is 24.1. The predicted molar refractivity (Wildman–Crippen MR) is 139 cm³/mol. The number of aromatic nitrogens is 3. The zero-order valence-corrected chi connectivity index (χ0v) is 21.0. The van der Waals surface area contributed by atoms with Crippen molar-refractivity contribution in [1.29, 1.82) is 0 Å². The van der Waals surface area contributed by atoms with Gasteiger partial charge < -0.3 is 0 Å². The highest BCUT2D eigenvalue weighted by molar-refractivity contribution is 6.53. The SMILES string of the molecule is CCc1[nH]n(-c2ccc(F)cc2)c(=O)c1C1=C([n+]2ccc(C)c(C)c2)C(=O)N(c2ccc(C)cc2)C1=O. The minimum Gasteiger partial charge on any atom is -0.294 e. The number of nitrogens with zero attached hydrogens (tertiary/aromatic N) is 3. The highest BCUT2D eigenvalue weighted by Gasteiger charge is 2.48. The van der Waals surface area contributed by atoms with E-state index in [-0.39, 0.29) is 16.8 Å². The second-order valence-corrected chi connectivity index (χ2v) is 9.16. The number of aromatic amines is 1. The van der Waals surface area contributed by atoms with Crippen LogP contribution in [-0.2, 0) is 16.0 Å². The molecule has 0 atom stereocenters. The van der Waals surface area contributed by atoms with Crippen LogP contribution in [0.5, 0.6) is 0 Å². The summed E-state index contributed by atoms with van der Waals surface area (Å²) in [6, 6.07) is 14.4. The molecular weight excluding hydrogens is 471 g/mol. The summed E-state index contributed by atoms with van der Waals surface area (Å²) in [5, 5.41) is 3.06. The molecule has 7 nitrogen and oxygen atoms in total. The molecule has 2 amide bonds. The average molecular weight is 498 g/mol. The van der Waals surface area contributed by atoms with E-state index in [0.29, 0.717) is 23.5 Å². The zero-order chi connectivity index (χ0) is 26.4. The van der Waals surface area contributed by atoms with E-state index in [1.807, 2.05) is 45.9 Å². The fraction of sp³-hybridized carbons (Fsp3) is 0.172. The Hall–Kier alpha value is -4.59. The van der Waals surface area contributed by atoms with Crippen molar-refractivity contribution in [2.45, 2.75) is 34.1 Å². The van der Waals surface area contributed by atoms with E-state index in [4.69, 9.17) is 0 Å². The molecule has 4 aromatic rings. The Kier molecular flexibility index (Phi) is 5.95. The van der Waals surface area contributed by atoms with Crippen LogP contribution in [0.2, 0.25) is 0 Å². The third-order valence-corrected chi connectivity index (χ3v) is 6.70. The van der Waals surface area contributed by atoms with Crippen molar-refractivity contribution in [1.82, 2.24) is 9.78 Å². The topological polar surface area (TPSA) is 79.1 Å². The molecule has 2 aromatic heterocycles. The van der Waals surface area contributed by atoms with Gasteiger partial charge >= 0.3 is 5.91 Å². The van der Waals surface area contributed by atoms with E-state index in [1.165, 1.54) is 28.9 Å². The predicted octanol–water partition coefficient (Wildman–Crippen LogP) is 4.02. The zero-order valence-electron chi connectivity index (χ0n) is 21.0. The first-order chi connectivity index (χ1) is 17.7. The van der Waals surface area contributed by atoms with Crippen LogP contribution in [0.25, 0.3) is 17.0 Å². The van der Waals surface area contributed by atoms with E-state index in [9.17, 15) is 18.8 Å². The van der Waals surface area contributed by atoms with Crippen LogP contribution in [0.15, 0.2) is 71.8 Å². The van der Waals surface area contributed by atoms with Crippen molar-refractivity contribution in [3.05, 3.63) is 111 Å². The number of hydrogen-bond donors (Lipinski definition) is 1. The van der Waals surface area contributed by atoms with Crippen molar-refractivity contribution >= 4 is 28.8 Å². The molecule has 0 saturated carbocycles. The number of anilines is 1. The molecule has 0 fully saturated rings. The number of carbonyl (C=O) groups excluding carboxylic acids is 2. The van der Waals surface area contributed by atoms with Crippen molar-refractivity contribution in [3.63, 3.8) is 0 Å². The maximum absolute atomic E-state index is 14.0. The minimum atomic E-state index is -0.577. The molecule has 0 radical (unpaired) electrons. The number of hydrogen-bond acceptors (Lipinski definition) is 3. The summed E-state index contributed by atoms with van der Waals surface area (Å²) in [7, 11) is 0. The Bertz CT molecular complexity index is 1640. The minimum absolute atomic E-state index is 0.0257. The highest BCUT2D eigenvalue weighted by atomic mass is 19.1. The lowest BCUT2D eigenvalue weighted by atomic mass is 10.0. The monoisotopic (exact) mass is 497 g/mol. The smallest absolute Gasteiger partial charge is 0.294 e. The number of nitrogens with one attached hydrogen (secondary N) is 1. The van der Waals surface area contributed by atoms with Crippen molar-refractivity contribution < 1.29 is 18.5 Å². The number of halogens is 1. The molecule has 1 aliphatic heterocycles. The van der Waals surface area contributed by atoms with Gasteiger partial charge in [0.05, 0.1) is 16.9 Å². The molecule has 3 heterocycles. The van der Waals surface area contributed by atoms with Crippen molar-refractivity contribution in [2.75, 3.05) is 4.90 Å². The molecule has 0 bridgehead atoms. The molecule has 8 heteroatoms. The summed E-state index contributed by atoms with van der Waals surface area (Å²) in [6.45, 7) is 7.65. The number of benzene rings is 2. The van der Waals surface area contributed by atoms with E-state index in [2.05, 4.69) is 5.10 Å². The molecule has 1 aliphatic rings. The van der Waals surface area contributed by atoms with Crippen LogP contribution in [-0.4, -0.2) is 21.6 Å². The number of H-pyrrole nitrogens is 1. The lowest BCUT2D eigenvalue weighted by Crippen LogP contribution is -2.40. The summed E-state index contributed by atoms with van der Waals surface area (Å²) in [6.07, 6.45) is 3.91. The summed E-state index contributed by atoms with van der Waals surface area (Å²) < 4.78 is 16.4.